The maximum Gasteiger partial charge on any atom is 0.172 e. The molecule has 0 spiro atoms. The Morgan fingerprint density at radius 3 is 2.15 bits per heavy atom. The molecule has 5 nitrogen and oxygen atoms in total. The first-order valence-electron chi connectivity index (χ1n) is 9.18. The summed E-state index contributed by atoms with van der Waals surface area (Å²) < 4.78 is 0. The van der Waals surface area contributed by atoms with E-state index in [2.05, 4.69) is 68.2 Å². The van der Waals surface area contributed by atoms with Crippen LogP contribution in [0.4, 0.5) is 11.6 Å². The van der Waals surface area contributed by atoms with E-state index in [9.17, 15) is 0 Å². The van der Waals surface area contributed by atoms with E-state index in [0.29, 0.717) is 5.92 Å². The number of nitrogens with zero attached hydrogens (tertiary/aromatic N) is 5. The van der Waals surface area contributed by atoms with Gasteiger partial charge in [0.1, 0.15) is 0 Å². The van der Waals surface area contributed by atoms with Crippen LogP contribution in [-0.2, 0) is 0 Å². The number of rotatable bonds is 5. The van der Waals surface area contributed by atoms with Crippen molar-refractivity contribution in [2.75, 3.05) is 49.1 Å². The van der Waals surface area contributed by atoms with Gasteiger partial charge in [0.2, 0.25) is 0 Å². The summed E-state index contributed by atoms with van der Waals surface area (Å²) in [6.07, 6.45) is 5.42. The van der Waals surface area contributed by atoms with Gasteiger partial charge in [0.15, 0.2) is 11.6 Å². The summed E-state index contributed by atoms with van der Waals surface area (Å²) in [4.78, 5) is 16.3. The Kier molecular flexibility index (Phi) is 4.61. The molecule has 0 radical (unpaired) electrons. The minimum atomic E-state index is 0.582. The first kappa shape index (κ1) is 16.6. The van der Waals surface area contributed by atoms with Gasteiger partial charge in [0, 0.05) is 63.3 Å². The molecule has 3 heterocycles. The molecule has 2 saturated heterocycles. The molecular formula is C21H25N5. The number of piperazine rings is 1. The quantitative estimate of drug-likeness (QED) is 0.777. The minimum absolute atomic E-state index is 0.582. The highest BCUT2D eigenvalue weighted by molar-refractivity contribution is 5.64. The van der Waals surface area contributed by atoms with Crippen LogP contribution in [0.25, 0.3) is 0 Å². The maximum absolute atomic E-state index is 4.65. The second-order valence-electron chi connectivity index (χ2n) is 6.89. The second kappa shape index (κ2) is 7.20. The van der Waals surface area contributed by atoms with Crippen molar-refractivity contribution in [2.45, 2.75) is 5.92 Å². The summed E-state index contributed by atoms with van der Waals surface area (Å²) in [6, 6.07) is 10.7. The molecule has 2 aromatic rings. The van der Waals surface area contributed by atoms with Gasteiger partial charge in [-0.15, -0.1) is 0 Å². The average molecular weight is 347 g/mol. The van der Waals surface area contributed by atoms with Crippen molar-refractivity contribution in [3.05, 3.63) is 73.2 Å². The van der Waals surface area contributed by atoms with Gasteiger partial charge in [0.05, 0.1) is 0 Å². The molecule has 1 aromatic carbocycles. The molecule has 0 atom stereocenters. The first-order valence-corrected chi connectivity index (χ1v) is 9.18. The van der Waals surface area contributed by atoms with Gasteiger partial charge in [-0.2, -0.15) is 0 Å². The lowest BCUT2D eigenvalue weighted by Gasteiger charge is -2.43. The summed E-state index contributed by atoms with van der Waals surface area (Å²) in [7, 11) is 0. The SMILES string of the molecule is C=CC(=C)N1CCN(c2nccnc2N2CC(c3ccccc3)C2)CC1. The zero-order chi connectivity index (χ0) is 17.9. The highest BCUT2D eigenvalue weighted by atomic mass is 15.3. The van der Waals surface area contributed by atoms with Crippen molar-refractivity contribution in [1.29, 1.82) is 0 Å². The smallest absolute Gasteiger partial charge is 0.172 e. The van der Waals surface area contributed by atoms with E-state index in [-0.39, 0.29) is 0 Å². The van der Waals surface area contributed by atoms with Crippen molar-refractivity contribution >= 4 is 11.6 Å². The molecule has 0 unspecified atom stereocenters. The van der Waals surface area contributed by atoms with Gasteiger partial charge >= 0.3 is 0 Å². The summed E-state index contributed by atoms with van der Waals surface area (Å²) in [5, 5.41) is 0. The fraction of sp³-hybridized carbons (Fsp3) is 0.333. The topological polar surface area (TPSA) is 35.5 Å². The molecule has 0 bridgehead atoms. The Labute approximate surface area is 155 Å². The Hall–Kier alpha value is -2.82. The van der Waals surface area contributed by atoms with E-state index in [1.165, 1.54) is 5.56 Å². The second-order valence-corrected chi connectivity index (χ2v) is 6.89. The molecule has 0 saturated carbocycles. The van der Waals surface area contributed by atoms with Gasteiger partial charge in [-0.1, -0.05) is 43.5 Å². The van der Waals surface area contributed by atoms with E-state index in [0.717, 1.165) is 56.6 Å². The van der Waals surface area contributed by atoms with Crippen molar-refractivity contribution in [2.24, 2.45) is 0 Å². The third-order valence-electron chi connectivity index (χ3n) is 5.33. The normalized spacial score (nSPS) is 17.8. The third-order valence-corrected chi connectivity index (χ3v) is 5.33. The van der Waals surface area contributed by atoms with E-state index in [4.69, 9.17) is 0 Å². The minimum Gasteiger partial charge on any atom is -0.368 e. The molecule has 4 rings (SSSR count). The average Bonchev–Trinajstić information content (AvgIpc) is 2.68. The van der Waals surface area contributed by atoms with Crippen LogP contribution in [0.15, 0.2) is 67.7 Å². The first-order chi connectivity index (χ1) is 12.8. The van der Waals surface area contributed by atoms with Gasteiger partial charge < -0.3 is 14.7 Å². The predicted octanol–water partition coefficient (Wildman–Crippen LogP) is 2.90. The Morgan fingerprint density at radius 1 is 0.923 bits per heavy atom. The van der Waals surface area contributed by atoms with Crippen molar-refractivity contribution in [3.8, 4) is 0 Å². The van der Waals surface area contributed by atoms with Crippen LogP contribution in [0.5, 0.6) is 0 Å². The molecule has 0 N–H and O–H groups in total. The number of hydrogen-bond donors (Lipinski definition) is 0. The van der Waals surface area contributed by atoms with Gasteiger partial charge in [-0.3, -0.25) is 0 Å². The van der Waals surface area contributed by atoms with Crippen molar-refractivity contribution < 1.29 is 0 Å². The molecule has 0 amide bonds. The highest BCUT2D eigenvalue weighted by Crippen LogP contribution is 2.35. The van der Waals surface area contributed by atoms with Crippen LogP contribution in [0.3, 0.4) is 0 Å². The van der Waals surface area contributed by atoms with Crippen LogP contribution in [0.1, 0.15) is 11.5 Å². The lowest BCUT2D eigenvalue weighted by atomic mass is 9.91. The molecule has 5 heteroatoms. The van der Waals surface area contributed by atoms with Gasteiger partial charge in [-0.05, 0) is 11.6 Å². The predicted molar refractivity (Wildman–Crippen MR) is 107 cm³/mol. The van der Waals surface area contributed by atoms with E-state index in [1.807, 2.05) is 6.08 Å². The fourth-order valence-corrected chi connectivity index (χ4v) is 3.69. The highest BCUT2D eigenvalue weighted by Gasteiger charge is 2.32. The molecule has 134 valence electrons. The number of hydrogen-bond acceptors (Lipinski definition) is 5. The van der Waals surface area contributed by atoms with Crippen molar-refractivity contribution in [1.82, 2.24) is 14.9 Å². The lowest BCUT2D eigenvalue weighted by molar-refractivity contribution is 0.330. The van der Waals surface area contributed by atoms with Gasteiger partial charge in [0.25, 0.3) is 0 Å². The standard InChI is InChI=1S/C21H25N5/c1-3-17(2)24-11-13-25(14-12-24)20-21(23-10-9-22-20)26-15-19(16-26)18-7-5-4-6-8-18/h3-10,19H,1-2,11-16H2. The zero-order valence-electron chi connectivity index (χ0n) is 15.1. The van der Waals surface area contributed by atoms with E-state index >= 15 is 0 Å². The number of anilines is 2. The number of aromatic nitrogens is 2. The van der Waals surface area contributed by atoms with Crippen LogP contribution in [-0.4, -0.2) is 54.1 Å². The molecule has 0 aliphatic carbocycles. The Balaban J connectivity index is 1.44. The van der Waals surface area contributed by atoms with Crippen molar-refractivity contribution in [3.63, 3.8) is 0 Å². The van der Waals surface area contributed by atoms with Crippen LogP contribution >= 0.6 is 0 Å². The Morgan fingerprint density at radius 2 is 1.54 bits per heavy atom. The van der Waals surface area contributed by atoms with Crippen LogP contribution in [0, 0.1) is 0 Å². The fourth-order valence-electron chi connectivity index (χ4n) is 3.69. The molecular weight excluding hydrogens is 322 g/mol. The molecule has 2 aliphatic heterocycles. The van der Waals surface area contributed by atoms with Crippen LogP contribution < -0.4 is 9.80 Å². The molecule has 1 aromatic heterocycles. The Bertz CT molecular complexity index is 774. The van der Waals surface area contributed by atoms with Crippen LogP contribution in [0.2, 0.25) is 0 Å². The number of allylic oxidation sites excluding steroid dienone is 1. The van der Waals surface area contributed by atoms with E-state index in [1.54, 1.807) is 12.4 Å². The van der Waals surface area contributed by atoms with Gasteiger partial charge in [-0.25, -0.2) is 9.97 Å². The summed E-state index contributed by atoms with van der Waals surface area (Å²) >= 11 is 0. The molecule has 2 fully saturated rings. The number of benzene rings is 1. The molecule has 2 aliphatic rings. The maximum atomic E-state index is 4.65. The lowest BCUT2D eigenvalue weighted by Crippen LogP contribution is -2.49. The largest absolute Gasteiger partial charge is 0.368 e. The third kappa shape index (κ3) is 3.17. The monoisotopic (exact) mass is 347 g/mol. The summed E-state index contributed by atoms with van der Waals surface area (Å²) in [6.45, 7) is 13.6. The summed E-state index contributed by atoms with van der Waals surface area (Å²) in [5.41, 5.74) is 2.41. The summed E-state index contributed by atoms with van der Waals surface area (Å²) in [5.74, 6) is 2.59. The molecule has 26 heavy (non-hydrogen) atoms. The zero-order valence-corrected chi connectivity index (χ0v) is 15.1. The van der Waals surface area contributed by atoms with E-state index < -0.39 is 0 Å².